The summed E-state index contributed by atoms with van der Waals surface area (Å²) in [5.74, 6) is 0.0564. The SMILES string of the molecule is CC(C)(C)OC(O)N1CCC[C@H]1C(=O)N1CCc2c(Br)cccc21. The number of likely N-dealkylation sites (tertiary alicyclic amines) is 1. The number of halogens is 1. The van der Waals surface area contributed by atoms with Crippen LogP contribution in [-0.4, -0.2) is 47.1 Å². The van der Waals surface area contributed by atoms with Gasteiger partial charge in [0.25, 0.3) is 0 Å². The fourth-order valence-electron chi connectivity index (χ4n) is 3.50. The molecule has 1 aromatic carbocycles. The number of aliphatic hydroxyl groups is 1. The lowest BCUT2D eigenvalue weighted by Gasteiger charge is -2.34. The van der Waals surface area contributed by atoms with E-state index in [-0.39, 0.29) is 11.9 Å². The Labute approximate surface area is 151 Å². The topological polar surface area (TPSA) is 53.0 Å². The zero-order valence-electron chi connectivity index (χ0n) is 14.5. The molecule has 0 spiro atoms. The van der Waals surface area contributed by atoms with Crippen molar-refractivity contribution in [3.63, 3.8) is 0 Å². The van der Waals surface area contributed by atoms with Crippen LogP contribution in [0.1, 0.15) is 39.2 Å². The van der Waals surface area contributed by atoms with E-state index in [0.29, 0.717) is 13.1 Å². The van der Waals surface area contributed by atoms with Crippen LogP contribution < -0.4 is 4.90 Å². The van der Waals surface area contributed by atoms with Crippen molar-refractivity contribution < 1.29 is 14.6 Å². The molecular weight excluding hydrogens is 372 g/mol. The Morgan fingerprint density at radius 1 is 1.38 bits per heavy atom. The van der Waals surface area contributed by atoms with Crippen molar-refractivity contribution in [2.45, 2.75) is 58.1 Å². The lowest BCUT2D eigenvalue weighted by atomic mass is 10.1. The van der Waals surface area contributed by atoms with E-state index >= 15 is 0 Å². The molecule has 0 radical (unpaired) electrons. The van der Waals surface area contributed by atoms with Gasteiger partial charge in [0.15, 0.2) is 0 Å². The summed E-state index contributed by atoms with van der Waals surface area (Å²) < 4.78 is 6.71. The standard InChI is InChI=1S/C18H25BrN2O3/c1-18(2,3)24-17(23)21-10-5-8-15(21)16(22)20-11-9-12-13(19)6-4-7-14(12)20/h4,6-7,15,17,23H,5,8-11H2,1-3H3/t15-,17?/m0/s1. The number of hydrogen-bond donors (Lipinski definition) is 1. The molecule has 1 N–H and O–H groups in total. The molecule has 2 aliphatic heterocycles. The van der Waals surface area contributed by atoms with Gasteiger partial charge in [-0.1, -0.05) is 22.0 Å². The molecule has 1 aromatic rings. The monoisotopic (exact) mass is 396 g/mol. The number of fused-ring (bicyclic) bond motifs is 1. The molecule has 3 rings (SSSR count). The molecular formula is C18H25BrN2O3. The van der Waals surface area contributed by atoms with Gasteiger partial charge in [-0.15, -0.1) is 0 Å². The van der Waals surface area contributed by atoms with E-state index in [0.717, 1.165) is 29.4 Å². The summed E-state index contributed by atoms with van der Waals surface area (Å²) in [5, 5.41) is 10.4. The Bertz CT molecular complexity index is 629. The molecule has 0 aromatic heterocycles. The molecule has 0 aliphatic carbocycles. The third kappa shape index (κ3) is 3.52. The number of aliphatic hydroxyl groups excluding tert-OH is 1. The third-order valence-corrected chi connectivity index (χ3v) is 5.30. The minimum atomic E-state index is -1.05. The molecule has 2 heterocycles. The number of ether oxygens (including phenoxy) is 1. The van der Waals surface area contributed by atoms with Crippen LogP contribution in [0.15, 0.2) is 22.7 Å². The summed E-state index contributed by atoms with van der Waals surface area (Å²) in [5.41, 5.74) is 1.70. The predicted octanol–water partition coefficient (Wildman–Crippen LogP) is 2.89. The lowest BCUT2D eigenvalue weighted by molar-refractivity contribution is -0.241. The van der Waals surface area contributed by atoms with E-state index in [1.165, 1.54) is 5.56 Å². The second-order valence-electron chi connectivity index (χ2n) is 7.43. The first kappa shape index (κ1) is 17.9. The number of rotatable bonds is 3. The molecule has 6 heteroatoms. The molecule has 1 unspecified atom stereocenters. The molecule has 0 saturated carbocycles. The highest BCUT2D eigenvalue weighted by molar-refractivity contribution is 9.10. The fraction of sp³-hybridized carbons (Fsp3) is 0.611. The summed E-state index contributed by atoms with van der Waals surface area (Å²) in [6, 6.07) is 5.63. The normalized spacial score (nSPS) is 22.7. The zero-order valence-corrected chi connectivity index (χ0v) is 16.0. The molecule has 5 nitrogen and oxygen atoms in total. The minimum Gasteiger partial charge on any atom is -0.356 e. The van der Waals surface area contributed by atoms with Crippen molar-refractivity contribution in [1.82, 2.24) is 4.90 Å². The van der Waals surface area contributed by atoms with Gasteiger partial charge >= 0.3 is 0 Å². The van der Waals surface area contributed by atoms with Crippen molar-refractivity contribution in [2.75, 3.05) is 18.0 Å². The van der Waals surface area contributed by atoms with Gasteiger partial charge in [0, 0.05) is 23.2 Å². The van der Waals surface area contributed by atoms with Gasteiger partial charge in [0.2, 0.25) is 12.3 Å². The second kappa shape index (κ2) is 6.75. The van der Waals surface area contributed by atoms with Crippen molar-refractivity contribution in [2.24, 2.45) is 0 Å². The van der Waals surface area contributed by atoms with Crippen molar-refractivity contribution in [3.8, 4) is 0 Å². The Hall–Kier alpha value is -0.950. The van der Waals surface area contributed by atoms with Gasteiger partial charge in [-0.3, -0.25) is 4.79 Å². The molecule has 1 saturated heterocycles. The maximum absolute atomic E-state index is 13.1. The first-order valence-electron chi connectivity index (χ1n) is 8.48. The number of carbonyl (C=O) groups excluding carboxylic acids is 1. The van der Waals surface area contributed by atoms with Gasteiger partial charge in [-0.05, 0) is 57.7 Å². The summed E-state index contributed by atoms with van der Waals surface area (Å²) in [6.45, 7) is 7.07. The van der Waals surface area contributed by atoms with Crippen LogP contribution in [0.2, 0.25) is 0 Å². The first-order chi connectivity index (χ1) is 11.3. The fourth-order valence-corrected chi connectivity index (χ4v) is 4.06. The lowest BCUT2D eigenvalue weighted by Crippen LogP contribution is -2.51. The number of amides is 1. The maximum atomic E-state index is 13.1. The van der Waals surface area contributed by atoms with E-state index in [9.17, 15) is 9.90 Å². The van der Waals surface area contributed by atoms with Gasteiger partial charge in [-0.25, -0.2) is 4.90 Å². The third-order valence-electron chi connectivity index (χ3n) is 4.56. The van der Waals surface area contributed by atoms with Gasteiger partial charge in [0.1, 0.15) is 0 Å². The van der Waals surface area contributed by atoms with Crippen LogP contribution in [0.4, 0.5) is 5.69 Å². The predicted molar refractivity (Wildman–Crippen MR) is 96.8 cm³/mol. The summed E-state index contributed by atoms with van der Waals surface area (Å²) >= 11 is 3.57. The van der Waals surface area contributed by atoms with Crippen molar-refractivity contribution in [3.05, 3.63) is 28.2 Å². The quantitative estimate of drug-likeness (QED) is 0.798. The van der Waals surface area contributed by atoms with E-state index < -0.39 is 12.0 Å². The number of anilines is 1. The average Bonchev–Trinajstić information content (AvgIpc) is 3.12. The van der Waals surface area contributed by atoms with Gasteiger partial charge < -0.3 is 14.7 Å². The number of nitrogens with zero attached hydrogens (tertiary/aromatic N) is 2. The number of benzene rings is 1. The van der Waals surface area contributed by atoms with Crippen LogP contribution in [0, 0.1) is 0 Å². The first-order valence-corrected chi connectivity index (χ1v) is 9.27. The van der Waals surface area contributed by atoms with Crippen LogP contribution in [0.3, 0.4) is 0 Å². The summed E-state index contributed by atoms with van der Waals surface area (Å²) in [6.07, 6.45) is 1.45. The highest BCUT2D eigenvalue weighted by Gasteiger charge is 2.40. The Balaban J connectivity index is 1.77. The largest absolute Gasteiger partial charge is 0.356 e. The highest BCUT2D eigenvalue weighted by Crippen LogP contribution is 2.35. The van der Waals surface area contributed by atoms with Crippen molar-refractivity contribution in [1.29, 1.82) is 0 Å². The zero-order chi connectivity index (χ0) is 17.5. The molecule has 0 bridgehead atoms. The molecule has 1 fully saturated rings. The van der Waals surface area contributed by atoms with Crippen LogP contribution in [0.25, 0.3) is 0 Å². The molecule has 2 atom stereocenters. The maximum Gasteiger partial charge on any atom is 0.244 e. The second-order valence-corrected chi connectivity index (χ2v) is 8.28. The van der Waals surface area contributed by atoms with E-state index in [1.54, 1.807) is 4.90 Å². The smallest absolute Gasteiger partial charge is 0.244 e. The van der Waals surface area contributed by atoms with Gasteiger partial charge in [0.05, 0.1) is 11.6 Å². The summed E-state index contributed by atoms with van der Waals surface area (Å²) in [4.78, 5) is 16.7. The average molecular weight is 397 g/mol. The Morgan fingerprint density at radius 3 is 2.83 bits per heavy atom. The number of carbonyl (C=O) groups is 1. The van der Waals surface area contributed by atoms with Crippen LogP contribution in [-0.2, 0) is 16.0 Å². The van der Waals surface area contributed by atoms with Crippen molar-refractivity contribution >= 4 is 27.5 Å². The Morgan fingerprint density at radius 2 is 2.12 bits per heavy atom. The Kier molecular flexibility index (Phi) is 5.02. The van der Waals surface area contributed by atoms with Gasteiger partial charge in [-0.2, -0.15) is 0 Å². The van der Waals surface area contributed by atoms with E-state index in [1.807, 2.05) is 43.9 Å². The van der Waals surface area contributed by atoms with Crippen LogP contribution in [0.5, 0.6) is 0 Å². The van der Waals surface area contributed by atoms with E-state index in [4.69, 9.17) is 4.74 Å². The molecule has 1 amide bonds. The summed E-state index contributed by atoms with van der Waals surface area (Å²) in [7, 11) is 0. The molecule has 132 valence electrons. The van der Waals surface area contributed by atoms with E-state index in [2.05, 4.69) is 15.9 Å². The minimum absolute atomic E-state index is 0.0564. The molecule has 24 heavy (non-hydrogen) atoms. The highest BCUT2D eigenvalue weighted by atomic mass is 79.9. The molecule has 2 aliphatic rings. The van der Waals surface area contributed by atoms with Crippen LogP contribution >= 0.6 is 15.9 Å². The number of hydrogen-bond acceptors (Lipinski definition) is 4.